The molecule has 2 heterocycles. The first-order chi connectivity index (χ1) is 21.5. The Bertz CT molecular complexity index is 1470. The van der Waals surface area contributed by atoms with Gasteiger partial charge in [0.2, 0.25) is 0 Å². The number of piperidine rings is 1. The number of fused-ring (bicyclic) bond motifs is 1. The Morgan fingerprint density at radius 3 is 2.55 bits per heavy atom. The zero-order valence-corrected chi connectivity index (χ0v) is 25.3. The highest BCUT2D eigenvalue weighted by Gasteiger charge is 2.20. The van der Waals surface area contributed by atoms with Crippen molar-refractivity contribution in [3.05, 3.63) is 83.9 Å². The van der Waals surface area contributed by atoms with Crippen LogP contribution in [0.1, 0.15) is 41.1 Å². The number of nitrogens with zero attached hydrogens (tertiary/aromatic N) is 2. The largest absolute Gasteiger partial charge is 0.490 e. The number of nitrogens with one attached hydrogen (secondary N) is 3. The van der Waals surface area contributed by atoms with E-state index in [4.69, 9.17) is 24.7 Å². The molecule has 2 amide bonds. The van der Waals surface area contributed by atoms with Crippen molar-refractivity contribution >= 4 is 29.1 Å². The minimum Gasteiger partial charge on any atom is -0.490 e. The SMILES string of the molecule is CNC(=O)n1ccc2cc(OC(C=CNC(=O)c3ccc(C4CCN(CCO)CC4)cc3)=CC=N)c(OCCCOC)cc21. The van der Waals surface area contributed by atoms with E-state index in [-0.39, 0.29) is 18.5 Å². The van der Waals surface area contributed by atoms with Gasteiger partial charge in [0.15, 0.2) is 11.5 Å². The molecule has 0 bridgehead atoms. The zero-order chi connectivity index (χ0) is 31.3. The van der Waals surface area contributed by atoms with Gasteiger partial charge in [0, 0.05) is 69.4 Å². The van der Waals surface area contributed by atoms with E-state index in [1.165, 1.54) is 22.4 Å². The van der Waals surface area contributed by atoms with Gasteiger partial charge in [-0.25, -0.2) is 4.79 Å². The number of carbonyl (C=O) groups is 2. The molecular weight excluding hydrogens is 562 g/mol. The van der Waals surface area contributed by atoms with Crippen LogP contribution in [0, 0.1) is 5.41 Å². The van der Waals surface area contributed by atoms with Crippen LogP contribution >= 0.6 is 0 Å². The molecule has 1 saturated heterocycles. The number of allylic oxidation sites excluding steroid dienone is 2. The fraction of sp³-hybridized carbons (Fsp3) is 0.364. The van der Waals surface area contributed by atoms with Gasteiger partial charge in [-0.15, -0.1) is 0 Å². The molecular formula is C33H41N5O6. The quantitative estimate of drug-likeness (QED) is 0.0935. The van der Waals surface area contributed by atoms with Gasteiger partial charge >= 0.3 is 6.03 Å². The Balaban J connectivity index is 1.43. The molecule has 0 radical (unpaired) electrons. The van der Waals surface area contributed by atoms with Crippen LogP contribution in [0.15, 0.2) is 72.8 Å². The lowest BCUT2D eigenvalue weighted by atomic mass is 9.89. The van der Waals surface area contributed by atoms with Crippen LogP contribution < -0.4 is 20.1 Å². The van der Waals surface area contributed by atoms with E-state index in [2.05, 4.69) is 15.5 Å². The number of benzene rings is 2. The van der Waals surface area contributed by atoms with Crippen molar-refractivity contribution in [2.24, 2.45) is 0 Å². The number of hydrogen-bond acceptors (Lipinski definition) is 8. The Kier molecular flexibility index (Phi) is 12.1. The highest BCUT2D eigenvalue weighted by molar-refractivity contribution is 5.95. The first-order valence-corrected chi connectivity index (χ1v) is 14.8. The predicted molar refractivity (Wildman–Crippen MR) is 170 cm³/mol. The molecule has 11 nitrogen and oxygen atoms in total. The highest BCUT2D eigenvalue weighted by Crippen LogP contribution is 2.35. The number of carbonyl (C=O) groups excluding carboxylic acids is 2. The van der Waals surface area contributed by atoms with Crippen LogP contribution in [0.25, 0.3) is 10.9 Å². The minimum atomic E-state index is -0.281. The van der Waals surface area contributed by atoms with E-state index in [1.807, 2.05) is 24.3 Å². The van der Waals surface area contributed by atoms with Gasteiger partial charge in [0.25, 0.3) is 5.91 Å². The smallest absolute Gasteiger partial charge is 0.325 e. The molecule has 44 heavy (non-hydrogen) atoms. The van der Waals surface area contributed by atoms with Crippen LogP contribution in [0.5, 0.6) is 11.5 Å². The van der Waals surface area contributed by atoms with Crippen LogP contribution in [-0.2, 0) is 4.74 Å². The second-order valence-corrected chi connectivity index (χ2v) is 10.4. The van der Waals surface area contributed by atoms with Crippen molar-refractivity contribution in [3.8, 4) is 11.5 Å². The van der Waals surface area contributed by atoms with Crippen molar-refractivity contribution in [3.63, 3.8) is 0 Å². The van der Waals surface area contributed by atoms with E-state index < -0.39 is 0 Å². The summed E-state index contributed by atoms with van der Waals surface area (Å²) >= 11 is 0. The van der Waals surface area contributed by atoms with Crippen LogP contribution in [0.3, 0.4) is 0 Å². The van der Waals surface area contributed by atoms with E-state index in [0.29, 0.717) is 60.4 Å². The molecule has 4 rings (SSSR count). The molecule has 1 aliphatic heterocycles. The fourth-order valence-corrected chi connectivity index (χ4v) is 5.17. The number of amides is 2. The average molecular weight is 604 g/mol. The summed E-state index contributed by atoms with van der Waals surface area (Å²) in [6.45, 7) is 3.72. The van der Waals surface area contributed by atoms with Crippen molar-refractivity contribution in [1.29, 1.82) is 5.41 Å². The van der Waals surface area contributed by atoms with Crippen molar-refractivity contribution in [2.75, 3.05) is 53.6 Å². The van der Waals surface area contributed by atoms with Gasteiger partial charge in [0.1, 0.15) is 5.76 Å². The molecule has 0 spiro atoms. The summed E-state index contributed by atoms with van der Waals surface area (Å²) in [7, 11) is 3.19. The van der Waals surface area contributed by atoms with Crippen LogP contribution in [-0.4, -0.2) is 86.3 Å². The maximum Gasteiger partial charge on any atom is 0.325 e. The Hall–Kier alpha value is -4.45. The molecule has 0 atom stereocenters. The number of likely N-dealkylation sites (tertiary alicyclic amines) is 1. The summed E-state index contributed by atoms with van der Waals surface area (Å²) in [5.74, 6) is 1.30. The maximum atomic E-state index is 12.8. The standard InChI is InChI=1S/C33H41N5O6/c1-35-33(41)38-17-12-27-22-31(30(23-29(27)38)43-21-3-20-42-2)44-28(8-13-34)9-14-36-32(40)26-6-4-24(5-7-26)25-10-15-37(16-11-25)18-19-39/h4-9,12-14,17,22-23,25,34,39H,3,10-11,15-16,18-21H2,1-2H3,(H,35,41)(H,36,40). The highest BCUT2D eigenvalue weighted by atomic mass is 16.5. The van der Waals surface area contributed by atoms with Gasteiger partial charge in [-0.3, -0.25) is 9.36 Å². The monoisotopic (exact) mass is 603 g/mol. The molecule has 1 aromatic heterocycles. The predicted octanol–water partition coefficient (Wildman–Crippen LogP) is 4.27. The molecule has 0 unspecified atom stereocenters. The Labute approximate surface area is 257 Å². The number of β-amino-alcohol motifs (C(OH)–C–C–N with tert-alkyl or cyclic N) is 1. The number of aliphatic hydroxyl groups excluding tert-OH is 1. The summed E-state index contributed by atoms with van der Waals surface area (Å²) < 4.78 is 18.7. The number of aromatic nitrogens is 1. The molecule has 11 heteroatoms. The molecule has 0 saturated carbocycles. The van der Waals surface area contributed by atoms with Crippen molar-refractivity contribution < 1.29 is 28.9 Å². The first-order valence-electron chi connectivity index (χ1n) is 14.8. The number of hydrogen-bond donors (Lipinski definition) is 4. The molecule has 4 N–H and O–H groups in total. The van der Waals surface area contributed by atoms with Gasteiger partial charge in [-0.1, -0.05) is 12.1 Å². The minimum absolute atomic E-state index is 0.184. The first kappa shape index (κ1) is 32.5. The number of aliphatic hydroxyl groups is 1. The van der Waals surface area contributed by atoms with Crippen LogP contribution in [0.4, 0.5) is 4.79 Å². The van der Waals surface area contributed by atoms with E-state index in [9.17, 15) is 9.59 Å². The summed E-state index contributed by atoms with van der Waals surface area (Å²) in [6, 6.07) is 12.7. The second-order valence-electron chi connectivity index (χ2n) is 10.4. The molecule has 3 aromatic rings. The van der Waals surface area contributed by atoms with Crippen LogP contribution in [0.2, 0.25) is 0 Å². The fourth-order valence-electron chi connectivity index (χ4n) is 5.17. The normalized spacial score (nSPS) is 14.6. The van der Waals surface area contributed by atoms with E-state index in [1.54, 1.807) is 44.6 Å². The van der Waals surface area contributed by atoms with Gasteiger partial charge in [-0.05, 0) is 73.8 Å². The zero-order valence-electron chi connectivity index (χ0n) is 25.3. The second kappa shape index (κ2) is 16.4. The molecule has 2 aromatic carbocycles. The number of methoxy groups -OCH3 is 1. The third-order valence-corrected chi connectivity index (χ3v) is 7.52. The Morgan fingerprint density at radius 1 is 1.09 bits per heavy atom. The summed E-state index contributed by atoms with van der Waals surface area (Å²) in [6.07, 6.45) is 9.97. The summed E-state index contributed by atoms with van der Waals surface area (Å²) in [4.78, 5) is 27.4. The van der Waals surface area contributed by atoms with Gasteiger partial charge < -0.3 is 40.3 Å². The Morgan fingerprint density at radius 2 is 1.86 bits per heavy atom. The molecule has 1 fully saturated rings. The number of rotatable bonds is 14. The van der Waals surface area contributed by atoms with E-state index >= 15 is 0 Å². The van der Waals surface area contributed by atoms with Crippen molar-refractivity contribution in [1.82, 2.24) is 20.1 Å². The lowest BCUT2D eigenvalue weighted by Gasteiger charge is -2.31. The average Bonchev–Trinajstić information content (AvgIpc) is 3.46. The maximum absolute atomic E-state index is 12.8. The van der Waals surface area contributed by atoms with Gasteiger partial charge in [0.05, 0.1) is 18.7 Å². The van der Waals surface area contributed by atoms with E-state index in [0.717, 1.165) is 37.5 Å². The third-order valence-electron chi connectivity index (χ3n) is 7.52. The van der Waals surface area contributed by atoms with Crippen molar-refractivity contribution in [2.45, 2.75) is 25.2 Å². The number of ether oxygens (including phenoxy) is 3. The lowest BCUT2D eigenvalue weighted by molar-refractivity contribution is 0.0970. The molecule has 234 valence electrons. The molecule has 0 aliphatic carbocycles. The third kappa shape index (κ3) is 8.56. The summed E-state index contributed by atoms with van der Waals surface area (Å²) in [5, 5.41) is 22.9. The summed E-state index contributed by atoms with van der Waals surface area (Å²) in [5.41, 5.74) is 2.40. The molecule has 1 aliphatic rings. The lowest BCUT2D eigenvalue weighted by Crippen LogP contribution is -2.34. The van der Waals surface area contributed by atoms with Gasteiger partial charge in [-0.2, -0.15) is 0 Å². The topological polar surface area (TPSA) is 138 Å².